The zero-order valence-electron chi connectivity index (χ0n) is 10.4. The highest BCUT2D eigenvalue weighted by Crippen LogP contribution is 2.14. The monoisotopic (exact) mass is 248 g/mol. The van der Waals surface area contributed by atoms with Gasteiger partial charge in [0.25, 0.3) is 0 Å². The Labute approximate surface area is 109 Å². The van der Waals surface area contributed by atoms with Crippen molar-refractivity contribution >= 4 is 17.3 Å². The van der Waals surface area contributed by atoms with E-state index in [4.69, 9.17) is 12.2 Å². The molecule has 92 valence electrons. The van der Waals surface area contributed by atoms with E-state index in [9.17, 15) is 0 Å². The third kappa shape index (κ3) is 3.19. The first-order valence-corrected chi connectivity index (χ1v) is 6.80. The van der Waals surface area contributed by atoms with Crippen molar-refractivity contribution in [1.82, 2.24) is 10.2 Å². The molecule has 1 aliphatic rings. The van der Waals surface area contributed by atoms with E-state index >= 15 is 0 Å². The van der Waals surface area contributed by atoms with Gasteiger partial charge in [-0.15, -0.1) is 0 Å². The fourth-order valence-electron chi connectivity index (χ4n) is 2.26. The molecule has 0 bridgehead atoms. The number of benzene rings is 1. The normalized spacial score (nSPS) is 19.5. The molecule has 1 fully saturated rings. The van der Waals surface area contributed by atoms with Crippen molar-refractivity contribution in [3.8, 4) is 0 Å². The summed E-state index contributed by atoms with van der Waals surface area (Å²) in [6.45, 7) is 4.29. The third-order valence-electron chi connectivity index (χ3n) is 3.26. The Morgan fingerprint density at radius 2 is 2.12 bits per heavy atom. The molecular weight excluding hydrogens is 228 g/mol. The fraction of sp³-hybridized carbons (Fsp3) is 0.500. The summed E-state index contributed by atoms with van der Waals surface area (Å²) in [7, 11) is 0. The minimum absolute atomic E-state index is 0.524. The van der Waals surface area contributed by atoms with Gasteiger partial charge in [0.15, 0.2) is 5.11 Å². The van der Waals surface area contributed by atoms with Crippen LogP contribution in [-0.2, 0) is 6.42 Å². The fourth-order valence-corrected chi connectivity index (χ4v) is 2.59. The summed E-state index contributed by atoms with van der Waals surface area (Å²) < 4.78 is 0. The second-order valence-electron chi connectivity index (χ2n) is 4.58. The Balaban J connectivity index is 1.97. The predicted octanol–water partition coefficient (Wildman–Crippen LogP) is 2.59. The Bertz CT molecular complexity index is 364. The molecule has 0 spiro atoms. The van der Waals surface area contributed by atoms with Gasteiger partial charge in [-0.25, -0.2) is 0 Å². The first-order valence-electron chi connectivity index (χ1n) is 6.39. The molecule has 1 aliphatic heterocycles. The maximum Gasteiger partial charge on any atom is 0.169 e. The molecule has 1 saturated heterocycles. The molecule has 0 aliphatic carbocycles. The van der Waals surface area contributed by atoms with Gasteiger partial charge >= 0.3 is 0 Å². The molecule has 3 heteroatoms. The Hall–Kier alpha value is -1.09. The summed E-state index contributed by atoms with van der Waals surface area (Å²) in [5.74, 6) is 0. The van der Waals surface area contributed by atoms with E-state index in [2.05, 4.69) is 47.5 Å². The maximum atomic E-state index is 5.36. The first-order chi connectivity index (χ1) is 8.31. The Kier molecular flexibility index (Phi) is 4.37. The number of hydrogen-bond donors (Lipinski definition) is 1. The van der Waals surface area contributed by atoms with Gasteiger partial charge in [-0.2, -0.15) is 0 Å². The quantitative estimate of drug-likeness (QED) is 0.806. The lowest BCUT2D eigenvalue weighted by molar-refractivity contribution is 0.344. The summed E-state index contributed by atoms with van der Waals surface area (Å²) >= 11 is 5.36. The number of hydrogen-bond acceptors (Lipinski definition) is 1. The van der Waals surface area contributed by atoms with E-state index in [0.717, 1.165) is 24.6 Å². The average Bonchev–Trinajstić information content (AvgIpc) is 2.69. The first kappa shape index (κ1) is 12.4. The smallest absolute Gasteiger partial charge is 0.169 e. The van der Waals surface area contributed by atoms with Crippen LogP contribution in [0.5, 0.6) is 0 Å². The molecule has 0 radical (unpaired) electrons. The molecule has 17 heavy (non-hydrogen) atoms. The van der Waals surface area contributed by atoms with E-state index in [0.29, 0.717) is 6.04 Å². The van der Waals surface area contributed by atoms with E-state index in [-0.39, 0.29) is 0 Å². The molecule has 2 nitrogen and oxygen atoms in total. The topological polar surface area (TPSA) is 15.3 Å². The van der Waals surface area contributed by atoms with Gasteiger partial charge in [-0.1, -0.05) is 43.7 Å². The van der Waals surface area contributed by atoms with Gasteiger partial charge in [0.1, 0.15) is 0 Å². The average molecular weight is 248 g/mol. The van der Waals surface area contributed by atoms with Crippen molar-refractivity contribution in [3.05, 3.63) is 35.9 Å². The van der Waals surface area contributed by atoms with Crippen LogP contribution in [0.15, 0.2) is 30.3 Å². The molecule has 1 aromatic carbocycles. The zero-order chi connectivity index (χ0) is 12.1. The van der Waals surface area contributed by atoms with Crippen LogP contribution in [0.2, 0.25) is 0 Å². The van der Waals surface area contributed by atoms with Crippen LogP contribution in [0.1, 0.15) is 25.3 Å². The molecule has 1 heterocycles. The SMILES string of the molecule is CCCCN1C(=S)NC[C@@H]1Cc1ccccc1. The maximum absolute atomic E-state index is 5.36. The summed E-state index contributed by atoms with van der Waals surface area (Å²) in [5.41, 5.74) is 1.39. The number of nitrogens with one attached hydrogen (secondary N) is 1. The van der Waals surface area contributed by atoms with Gasteiger partial charge in [-0.3, -0.25) is 0 Å². The summed E-state index contributed by atoms with van der Waals surface area (Å²) in [4.78, 5) is 2.35. The van der Waals surface area contributed by atoms with Gasteiger partial charge in [0, 0.05) is 13.1 Å². The van der Waals surface area contributed by atoms with Gasteiger partial charge in [0.05, 0.1) is 6.04 Å². The van der Waals surface area contributed by atoms with Crippen molar-refractivity contribution in [1.29, 1.82) is 0 Å². The van der Waals surface area contributed by atoms with Gasteiger partial charge in [-0.05, 0) is 30.6 Å². The van der Waals surface area contributed by atoms with Crippen LogP contribution >= 0.6 is 12.2 Å². The summed E-state index contributed by atoms with van der Waals surface area (Å²) in [6.07, 6.45) is 3.52. The highest BCUT2D eigenvalue weighted by molar-refractivity contribution is 7.80. The van der Waals surface area contributed by atoms with Crippen LogP contribution in [0.3, 0.4) is 0 Å². The minimum Gasteiger partial charge on any atom is -0.360 e. The number of unbranched alkanes of at least 4 members (excludes halogenated alkanes) is 1. The second kappa shape index (κ2) is 6.01. The second-order valence-corrected chi connectivity index (χ2v) is 4.96. The van der Waals surface area contributed by atoms with Crippen molar-refractivity contribution in [2.75, 3.05) is 13.1 Å². The van der Waals surface area contributed by atoms with Crippen LogP contribution in [-0.4, -0.2) is 29.1 Å². The van der Waals surface area contributed by atoms with Crippen LogP contribution in [0.25, 0.3) is 0 Å². The molecule has 0 amide bonds. The van der Waals surface area contributed by atoms with Gasteiger partial charge in [0.2, 0.25) is 0 Å². The van der Waals surface area contributed by atoms with Crippen molar-refractivity contribution in [2.45, 2.75) is 32.2 Å². The molecule has 0 unspecified atom stereocenters. The lowest BCUT2D eigenvalue weighted by Gasteiger charge is -2.24. The third-order valence-corrected chi connectivity index (χ3v) is 3.64. The van der Waals surface area contributed by atoms with E-state index < -0.39 is 0 Å². The minimum atomic E-state index is 0.524. The summed E-state index contributed by atoms with van der Waals surface area (Å²) in [5, 5.41) is 4.24. The molecular formula is C14H20N2S. The molecule has 0 aromatic heterocycles. The molecule has 0 saturated carbocycles. The lowest BCUT2D eigenvalue weighted by atomic mass is 10.1. The molecule has 1 atom stereocenters. The molecule has 1 aromatic rings. The number of thiocarbonyl (C=S) groups is 1. The van der Waals surface area contributed by atoms with E-state index in [1.807, 2.05) is 0 Å². The lowest BCUT2D eigenvalue weighted by Crippen LogP contribution is -2.36. The van der Waals surface area contributed by atoms with E-state index in [1.54, 1.807) is 0 Å². The Morgan fingerprint density at radius 1 is 1.35 bits per heavy atom. The summed E-state index contributed by atoms with van der Waals surface area (Å²) in [6, 6.07) is 11.2. The predicted molar refractivity (Wildman–Crippen MR) is 76.1 cm³/mol. The van der Waals surface area contributed by atoms with Crippen molar-refractivity contribution < 1.29 is 0 Å². The zero-order valence-corrected chi connectivity index (χ0v) is 11.2. The van der Waals surface area contributed by atoms with Crippen LogP contribution < -0.4 is 5.32 Å². The number of rotatable bonds is 5. The molecule has 2 rings (SSSR count). The highest BCUT2D eigenvalue weighted by atomic mass is 32.1. The van der Waals surface area contributed by atoms with E-state index in [1.165, 1.54) is 18.4 Å². The molecule has 1 N–H and O–H groups in total. The van der Waals surface area contributed by atoms with Gasteiger partial charge < -0.3 is 10.2 Å². The van der Waals surface area contributed by atoms with Crippen molar-refractivity contribution in [2.24, 2.45) is 0 Å². The van der Waals surface area contributed by atoms with Crippen molar-refractivity contribution in [3.63, 3.8) is 0 Å². The van der Waals surface area contributed by atoms with Crippen LogP contribution in [0.4, 0.5) is 0 Å². The number of nitrogens with zero attached hydrogens (tertiary/aromatic N) is 1. The Morgan fingerprint density at radius 3 is 2.82 bits per heavy atom. The van der Waals surface area contributed by atoms with Crippen LogP contribution in [0, 0.1) is 0 Å². The highest BCUT2D eigenvalue weighted by Gasteiger charge is 2.26. The standard InChI is InChI=1S/C14H20N2S/c1-2-3-9-16-13(11-15-14(16)17)10-12-7-5-4-6-8-12/h4-8,13H,2-3,9-11H2,1H3,(H,15,17)/t13-/m0/s1. The largest absolute Gasteiger partial charge is 0.360 e.